The van der Waals surface area contributed by atoms with Crippen molar-refractivity contribution in [3.05, 3.63) is 64.9 Å². The van der Waals surface area contributed by atoms with Crippen LogP contribution in [0.5, 0.6) is 0 Å². The molecule has 2 aliphatic rings. The SMILES string of the molecule is O=C1NC(O)S/C1=C\c1ccnc(N2CCC(CNCc3nc(-c4ccco4)ccc3F)CC2)n1. The van der Waals surface area contributed by atoms with E-state index >= 15 is 0 Å². The molecular formula is C24H25FN6O3S. The predicted octanol–water partition coefficient (Wildman–Crippen LogP) is 2.76. The van der Waals surface area contributed by atoms with Crippen LogP contribution in [0.4, 0.5) is 10.3 Å². The molecular weight excluding hydrogens is 471 g/mol. The molecule has 11 heteroatoms. The quantitative estimate of drug-likeness (QED) is 0.425. The zero-order chi connectivity index (χ0) is 24.2. The van der Waals surface area contributed by atoms with Crippen LogP contribution in [0.3, 0.4) is 0 Å². The molecule has 1 atom stereocenters. The molecule has 2 saturated heterocycles. The number of anilines is 1. The Bertz CT molecular complexity index is 1210. The lowest BCUT2D eigenvalue weighted by Crippen LogP contribution is -2.38. The number of carbonyl (C=O) groups excluding carboxylic acids is 1. The molecule has 0 saturated carbocycles. The average molecular weight is 497 g/mol. The van der Waals surface area contributed by atoms with Crippen molar-refractivity contribution in [3.8, 4) is 11.5 Å². The summed E-state index contributed by atoms with van der Waals surface area (Å²) in [5, 5.41) is 15.3. The van der Waals surface area contributed by atoms with Crippen molar-refractivity contribution in [2.24, 2.45) is 5.92 Å². The predicted molar refractivity (Wildman–Crippen MR) is 130 cm³/mol. The van der Waals surface area contributed by atoms with Gasteiger partial charge >= 0.3 is 0 Å². The van der Waals surface area contributed by atoms with Crippen molar-refractivity contribution in [2.75, 3.05) is 24.5 Å². The molecule has 3 N–H and O–H groups in total. The second kappa shape index (κ2) is 10.5. The molecule has 0 aliphatic carbocycles. The summed E-state index contributed by atoms with van der Waals surface area (Å²) in [6.07, 6.45) is 6.81. The molecule has 0 aromatic carbocycles. The number of furan rings is 1. The molecule has 1 unspecified atom stereocenters. The number of hydrogen-bond donors (Lipinski definition) is 3. The molecule has 0 spiro atoms. The van der Waals surface area contributed by atoms with Crippen LogP contribution < -0.4 is 15.5 Å². The fourth-order valence-corrected chi connectivity index (χ4v) is 4.88. The van der Waals surface area contributed by atoms with Gasteiger partial charge in [-0.05, 0) is 61.7 Å². The van der Waals surface area contributed by atoms with Crippen LogP contribution in [0.2, 0.25) is 0 Å². The van der Waals surface area contributed by atoms with E-state index in [9.17, 15) is 14.3 Å². The zero-order valence-electron chi connectivity index (χ0n) is 18.9. The third-order valence-corrected chi connectivity index (χ3v) is 6.87. The minimum absolute atomic E-state index is 0.307. The normalized spacial score (nSPS) is 19.9. The van der Waals surface area contributed by atoms with Crippen molar-refractivity contribution in [3.63, 3.8) is 0 Å². The third kappa shape index (κ3) is 5.69. The number of pyridine rings is 1. The van der Waals surface area contributed by atoms with E-state index < -0.39 is 5.56 Å². The average Bonchev–Trinajstić information content (AvgIpc) is 3.51. The zero-order valence-corrected chi connectivity index (χ0v) is 19.7. The molecule has 2 fully saturated rings. The molecule has 182 valence electrons. The van der Waals surface area contributed by atoms with E-state index in [1.54, 1.807) is 42.8 Å². The first-order valence-corrected chi connectivity index (χ1v) is 12.3. The van der Waals surface area contributed by atoms with Crippen molar-refractivity contribution < 1.29 is 18.7 Å². The monoisotopic (exact) mass is 496 g/mol. The van der Waals surface area contributed by atoms with Gasteiger partial charge in [-0.2, -0.15) is 0 Å². The summed E-state index contributed by atoms with van der Waals surface area (Å²) in [6, 6.07) is 8.35. The summed E-state index contributed by atoms with van der Waals surface area (Å²) in [7, 11) is 0. The van der Waals surface area contributed by atoms with Crippen molar-refractivity contribution in [2.45, 2.75) is 24.9 Å². The molecule has 3 aromatic heterocycles. The summed E-state index contributed by atoms with van der Waals surface area (Å²) in [5.74, 6) is 1.05. The molecule has 5 rings (SSSR count). The summed E-state index contributed by atoms with van der Waals surface area (Å²) in [4.78, 5) is 27.8. The van der Waals surface area contributed by atoms with Crippen molar-refractivity contribution in [1.82, 2.24) is 25.6 Å². The molecule has 0 bridgehead atoms. The molecule has 0 radical (unpaired) electrons. The van der Waals surface area contributed by atoms with E-state index in [0.717, 1.165) is 44.2 Å². The van der Waals surface area contributed by atoms with Gasteiger partial charge in [0, 0.05) is 25.8 Å². The fraction of sp³-hybridized carbons (Fsp3) is 0.333. The highest BCUT2D eigenvalue weighted by Gasteiger charge is 2.26. The van der Waals surface area contributed by atoms with Gasteiger partial charge in [0.15, 0.2) is 11.3 Å². The Morgan fingerprint density at radius 2 is 2.11 bits per heavy atom. The Labute approximate surface area is 205 Å². The van der Waals surface area contributed by atoms with Crippen molar-refractivity contribution >= 4 is 29.7 Å². The summed E-state index contributed by atoms with van der Waals surface area (Å²) >= 11 is 1.06. The third-order valence-electron chi connectivity index (χ3n) is 5.98. The van der Waals surface area contributed by atoms with Gasteiger partial charge in [0.05, 0.1) is 22.6 Å². The standard InChI is InChI=1S/C24H25FN6O3S/c25-17-3-4-18(20-2-1-11-34-20)29-19(17)14-26-13-15-6-9-31(10-7-15)23-27-8-5-16(28-23)12-21-22(32)30-24(33)35-21/h1-5,8,11-12,15,24,26,33H,6-7,9-10,13-14H2,(H,30,32)/b21-12-. The number of aromatic nitrogens is 3. The summed E-state index contributed by atoms with van der Waals surface area (Å²) < 4.78 is 19.6. The van der Waals surface area contributed by atoms with Gasteiger partial charge in [-0.15, -0.1) is 0 Å². The Balaban J connectivity index is 1.12. The number of halogens is 1. The van der Waals surface area contributed by atoms with E-state index in [1.165, 1.54) is 6.07 Å². The largest absolute Gasteiger partial charge is 0.463 e. The maximum Gasteiger partial charge on any atom is 0.260 e. The summed E-state index contributed by atoms with van der Waals surface area (Å²) in [6.45, 7) is 2.73. The van der Waals surface area contributed by atoms with E-state index in [-0.39, 0.29) is 11.7 Å². The lowest BCUT2D eigenvalue weighted by Gasteiger charge is -2.32. The van der Waals surface area contributed by atoms with Crippen LogP contribution in [-0.4, -0.2) is 51.2 Å². The van der Waals surface area contributed by atoms with Crippen LogP contribution in [-0.2, 0) is 11.3 Å². The number of thioether (sulfide) groups is 1. The van der Waals surface area contributed by atoms with E-state index in [1.807, 2.05) is 0 Å². The van der Waals surface area contributed by atoms with Crippen LogP contribution in [0.15, 0.2) is 52.1 Å². The van der Waals surface area contributed by atoms with Gasteiger partial charge in [-0.25, -0.2) is 19.3 Å². The number of aliphatic hydroxyl groups excluding tert-OH is 1. The van der Waals surface area contributed by atoms with Gasteiger partial charge in [-0.3, -0.25) is 4.79 Å². The maximum atomic E-state index is 14.2. The first kappa shape index (κ1) is 23.5. The highest BCUT2D eigenvalue weighted by atomic mass is 32.2. The number of rotatable bonds is 7. The lowest BCUT2D eigenvalue weighted by atomic mass is 9.97. The molecule has 2 aliphatic heterocycles. The minimum atomic E-state index is -0.921. The Kier molecular flexibility index (Phi) is 7.07. The van der Waals surface area contributed by atoms with Crippen LogP contribution >= 0.6 is 11.8 Å². The van der Waals surface area contributed by atoms with Gasteiger partial charge < -0.3 is 25.1 Å². The molecule has 5 heterocycles. The Hall–Kier alpha value is -3.28. The molecule has 9 nitrogen and oxygen atoms in total. The number of nitrogens with zero attached hydrogens (tertiary/aromatic N) is 4. The second-order valence-corrected chi connectivity index (χ2v) is 9.52. The van der Waals surface area contributed by atoms with Gasteiger partial charge in [0.2, 0.25) is 5.95 Å². The number of hydrogen-bond acceptors (Lipinski definition) is 9. The number of carbonyl (C=O) groups is 1. The number of aliphatic hydroxyl groups is 1. The minimum Gasteiger partial charge on any atom is -0.463 e. The van der Waals surface area contributed by atoms with E-state index in [0.29, 0.717) is 46.2 Å². The first-order chi connectivity index (χ1) is 17.0. The van der Waals surface area contributed by atoms with Crippen LogP contribution in [0.1, 0.15) is 24.2 Å². The Morgan fingerprint density at radius 1 is 1.26 bits per heavy atom. The van der Waals surface area contributed by atoms with E-state index in [4.69, 9.17) is 4.42 Å². The molecule has 3 aromatic rings. The van der Waals surface area contributed by atoms with Gasteiger partial charge in [0.25, 0.3) is 5.91 Å². The maximum absolute atomic E-state index is 14.2. The topological polar surface area (TPSA) is 116 Å². The van der Waals surface area contributed by atoms with Crippen LogP contribution in [0.25, 0.3) is 17.5 Å². The molecule has 35 heavy (non-hydrogen) atoms. The smallest absolute Gasteiger partial charge is 0.260 e. The second-order valence-electron chi connectivity index (χ2n) is 8.40. The first-order valence-electron chi connectivity index (χ1n) is 11.4. The van der Waals surface area contributed by atoms with E-state index in [2.05, 4.69) is 30.5 Å². The van der Waals surface area contributed by atoms with Gasteiger partial charge in [0.1, 0.15) is 11.5 Å². The number of nitrogens with one attached hydrogen (secondary N) is 2. The fourth-order valence-electron chi connectivity index (χ4n) is 4.12. The van der Waals surface area contributed by atoms with Crippen molar-refractivity contribution in [1.29, 1.82) is 0 Å². The molecule has 1 amide bonds. The summed E-state index contributed by atoms with van der Waals surface area (Å²) in [5.41, 5.74) is 0.687. The Morgan fingerprint density at radius 3 is 2.86 bits per heavy atom. The highest BCUT2D eigenvalue weighted by molar-refractivity contribution is 8.05. The highest BCUT2D eigenvalue weighted by Crippen LogP contribution is 2.28. The number of amides is 1. The van der Waals surface area contributed by atoms with Gasteiger partial charge in [-0.1, -0.05) is 11.8 Å². The number of piperidine rings is 1. The van der Waals surface area contributed by atoms with Crippen LogP contribution in [0, 0.1) is 11.7 Å². The lowest BCUT2D eigenvalue weighted by molar-refractivity contribution is -0.117.